The average Bonchev–Trinajstić information content (AvgIpc) is 3.01. The van der Waals surface area contributed by atoms with Crippen LogP contribution in [0.15, 0.2) is 29.0 Å². The van der Waals surface area contributed by atoms with E-state index in [1.807, 2.05) is 31.1 Å². The number of aromatic nitrogens is 2. The summed E-state index contributed by atoms with van der Waals surface area (Å²) in [4.78, 5) is 13.7. The number of hydrogen-bond donors (Lipinski definition) is 2. The summed E-state index contributed by atoms with van der Waals surface area (Å²) >= 11 is 1.13. The second kappa shape index (κ2) is 6.30. The van der Waals surface area contributed by atoms with Gasteiger partial charge in [0.2, 0.25) is 0 Å². The number of carbonyl (C=O) groups is 1. The number of furan rings is 1. The number of likely N-dealkylation sites (N-methyl/N-ethyl adjacent to an activating group) is 1. The zero-order chi connectivity index (χ0) is 13.7. The molecule has 2 rings (SSSR count). The lowest BCUT2D eigenvalue weighted by Crippen LogP contribution is -2.36. The third kappa shape index (κ3) is 3.76. The quantitative estimate of drug-likeness (QED) is 0.869. The van der Waals surface area contributed by atoms with Crippen molar-refractivity contribution >= 4 is 22.6 Å². The van der Waals surface area contributed by atoms with Gasteiger partial charge in [-0.2, -0.15) is 0 Å². The first-order valence-corrected chi connectivity index (χ1v) is 6.46. The topological polar surface area (TPSA) is 83.3 Å². The van der Waals surface area contributed by atoms with Crippen molar-refractivity contribution in [3.8, 4) is 0 Å². The highest BCUT2D eigenvalue weighted by Crippen LogP contribution is 2.17. The van der Waals surface area contributed by atoms with Crippen molar-refractivity contribution in [3.63, 3.8) is 0 Å². The maximum Gasteiger partial charge on any atom is 0.320 e. The van der Waals surface area contributed by atoms with Crippen LogP contribution in [0.3, 0.4) is 0 Å². The molecule has 0 radical (unpaired) electrons. The molecule has 0 fully saturated rings. The normalized spacial score (nSPS) is 12.4. The summed E-state index contributed by atoms with van der Waals surface area (Å²) in [6, 6.07) is 3.41. The number of nitrogens with zero attached hydrogens (tertiary/aromatic N) is 3. The summed E-state index contributed by atoms with van der Waals surface area (Å²) in [6.45, 7) is 0.443. The van der Waals surface area contributed by atoms with Crippen LogP contribution in [-0.2, 0) is 0 Å². The van der Waals surface area contributed by atoms with Gasteiger partial charge in [0.15, 0.2) is 0 Å². The van der Waals surface area contributed by atoms with E-state index in [2.05, 4.69) is 20.2 Å². The first kappa shape index (κ1) is 13.5. The predicted molar refractivity (Wildman–Crippen MR) is 72.1 cm³/mol. The van der Waals surface area contributed by atoms with E-state index >= 15 is 0 Å². The first-order chi connectivity index (χ1) is 9.16. The lowest BCUT2D eigenvalue weighted by Gasteiger charge is -2.22. The number of nitrogens with one attached hydrogen (secondary N) is 2. The standard InChI is InChI=1S/C11H15N5O2S/c1-16(2)8(9-4-3-5-18-9)6-12-11(17)14-10-7-13-15-19-10/h3-5,7-8H,6H2,1-2H3,(H2,12,14,17)/t8-/m1/s1. The predicted octanol–water partition coefficient (Wildman–Crippen LogP) is 1.56. The average molecular weight is 281 g/mol. The molecule has 2 aromatic rings. The number of rotatable bonds is 5. The summed E-state index contributed by atoms with van der Waals surface area (Å²) in [5.74, 6) is 0.810. The van der Waals surface area contributed by atoms with Gasteiger partial charge in [-0.1, -0.05) is 4.49 Å². The molecule has 1 atom stereocenters. The number of carbonyl (C=O) groups excluding carboxylic acids is 1. The number of hydrogen-bond acceptors (Lipinski definition) is 6. The molecule has 0 saturated heterocycles. The van der Waals surface area contributed by atoms with E-state index < -0.39 is 0 Å². The SMILES string of the molecule is CN(C)[C@H](CNC(=O)Nc1cnns1)c1ccco1. The summed E-state index contributed by atoms with van der Waals surface area (Å²) < 4.78 is 9.03. The molecule has 0 spiro atoms. The summed E-state index contributed by atoms with van der Waals surface area (Å²) in [5, 5.41) is 9.70. The molecule has 0 aliphatic rings. The van der Waals surface area contributed by atoms with Crippen molar-refractivity contribution in [3.05, 3.63) is 30.4 Å². The van der Waals surface area contributed by atoms with Crippen molar-refractivity contribution in [1.29, 1.82) is 0 Å². The first-order valence-electron chi connectivity index (χ1n) is 5.69. The second-order valence-corrected chi connectivity index (χ2v) is 4.90. The number of amides is 2. The van der Waals surface area contributed by atoms with Crippen molar-refractivity contribution in [2.24, 2.45) is 0 Å². The Morgan fingerprint density at radius 2 is 2.42 bits per heavy atom. The molecular formula is C11H15N5O2S. The van der Waals surface area contributed by atoms with Gasteiger partial charge in [0.1, 0.15) is 10.8 Å². The van der Waals surface area contributed by atoms with E-state index in [1.54, 1.807) is 6.26 Å². The smallest absolute Gasteiger partial charge is 0.320 e. The molecule has 8 heteroatoms. The van der Waals surface area contributed by atoms with E-state index in [1.165, 1.54) is 6.20 Å². The molecule has 0 saturated carbocycles. The summed E-state index contributed by atoms with van der Waals surface area (Å²) in [7, 11) is 3.86. The molecule has 2 heterocycles. The Labute approximate surface area is 114 Å². The minimum atomic E-state index is -0.288. The molecule has 2 N–H and O–H groups in total. The highest BCUT2D eigenvalue weighted by atomic mass is 32.1. The highest BCUT2D eigenvalue weighted by molar-refractivity contribution is 7.10. The molecule has 7 nitrogen and oxygen atoms in total. The number of anilines is 1. The van der Waals surface area contributed by atoms with Crippen LogP contribution in [0.4, 0.5) is 9.80 Å². The third-order valence-corrected chi connectivity index (χ3v) is 3.13. The van der Waals surface area contributed by atoms with E-state index in [9.17, 15) is 4.79 Å². The molecular weight excluding hydrogens is 266 g/mol. The monoisotopic (exact) mass is 281 g/mol. The molecule has 19 heavy (non-hydrogen) atoms. The van der Waals surface area contributed by atoms with Crippen LogP contribution < -0.4 is 10.6 Å². The van der Waals surface area contributed by atoms with Crippen LogP contribution in [0.2, 0.25) is 0 Å². The van der Waals surface area contributed by atoms with Gasteiger partial charge >= 0.3 is 6.03 Å². The zero-order valence-electron chi connectivity index (χ0n) is 10.7. The molecule has 102 valence electrons. The molecule has 0 aliphatic heterocycles. The Kier molecular flexibility index (Phi) is 4.48. The summed E-state index contributed by atoms with van der Waals surface area (Å²) in [5.41, 5.74) is 0. The summed E-state index contributed by atoms with van der Waals surface area (Å²) in [6.07, 6.45) is 3.12. The van der Waals surface area contributed by atoms with Crippen molar-refractivity contribution in [2.75, 3.05) is 26.0 Å². The van der Waals surface area contributed by atoms with Crippen molar-refractivity contribution in [2.45, 2.75) is 6.04 Å². The minimum absolute atomic E-state index is 0.0136. The molecule has 0 bridgehead atoms. The van der Waals surface area contributed by atoms with Crippen LogP contribution in [0.1, 0.15) is 11.8 Å². The lowest BCUT2D eigenvalue weighted by atomic mass is 10.2. The molecule has 2 amide bonds. The van der Waals surface area contributed by atoms with Gasteiger partial charge in [-0.3, -0.25) is 10.2 Å². The number of urea groups is 1. The fourth-order valence-corrected chi connectivity index (χ4v) is 2.00. The van der Waals surface area contributed by atoms with Gasteiger partial charge in [0, 0.05) is 18.1 Å². The minimum Gasteiger partial charge on any atom is -0.468 e. The molecule has 0 aromatic carbocycles. The largest absolute Gasteiger partial charge is 0.468 e. The van der Waals surface area contributed by atoms with Crippen LogP contribution in [0, 0.1) is 0 Å². The van der Waals surface area contributed by atoms with E-state index in [0.29, 0.717) is 11.5 Å². The Balaban J connectivity index is 1.87. The maximum atomic E-state index is 11.7. The van der Waals surface area contributed by atoms with Gasteiger partial charge in [-0.15, -0.1) is 5.10 Å². The molecule has 2 aromatic heterocycles. The zero-order valence-corrected chi connectivity index (χ0v) is 11.5. The Morgan fingerprint density at radius 1 is 1.58 bits per heavy atom. The second-order valence-electron chi connectivity index (χ2n) is 4.11. The van der Waals surface area contributed by atoms with Crippen LogP contribution in [0.5, 0.6) is 0 Å². The van der Waals surface area contributed by atoms with Crippen LogP contribution >= 0.6 is 11.5 Å². The molecule has 0 unspecified atom stereocenters. The van der Waals surface area contributed by atoms with Crippen LogP contribution in [-0.4, -0.2) is 41.2 Å². The Hall–Kier alpha value is -1.93. The van der Waals surface area contributed by atoms with Gasteiger partial charge in [-0.25, -0.2) is 4.79 Å². The fourth-order valence-electron chi connectivity index (χ4n) is 1.59. The Morgan fingerprint density at radius 3 is 3.00 bits per heavy atom. The van der Waals surface area contributed by atoms with Gasteiger partial charge in [0.25, 0.3) is 0 Å². The van der Waals surface area contributed by atoms with Gasteiger partial charge in [-0.05, 0) is 26.2 Å². The fraction of sp³-hybridized carbons (Fsp3) is 0.364. The van der Waals surface area contributed by atoms with Crippen molar-refractivity contribution in [1.82, 2.24) is 19.8 Å². The van der Waals surface area contributed by atoms with E-state index in [4.69, 9.17) is 4.42 Å². The lowest BCUT2D eigenvalue weighted by molar-refractivity contribution is 0.233. The van der Waals surface area contributed by atoms with Gasteiger partial charge < -0.3 is 9.73 Å². The van der Waals surface area contributed by atoms with Crippen LogP contribution in [0.25, 0.3) is 0 Å². The van der Waals surface area contributed by atoms with Crippen molar-refractivity contribution < 1.29 is 9.21 Å². The third-order valence-electron chi connectivity index (χ3n) is 2.55. The van der Waals surface area contributed by atoms with E-state index in [0.717, 1.165) is 17.3 Å². The Bertz CT molecular complexity index is 497. The molecule has 0 aliphatic carbocycles. The van der Waals surface area contributed by atoms with E-state index in [-0.39, 0.29) is 12.1 Å². The highest BCUT2D eigenvalue weighted by Gasteiger charge is 2.17. The maximum absolute atomic E-state index is 11.7. The van der Waals surface area contributed by atoms with Gasteiger partial charge in [0.05, 0.1) is 18.5 Å².